The third-order valence-electron chi connectivity index (χ3n) is 5.54. The second kappa shape index (κ2) is 5.69. The molecule has 3 heteroatoms. The largest absolute Gasteiger partial charge is 0.495 e. The van der Waals surface area contributed by atoms with Crippen LogP contribution in [0.25, 0.3) is 0 Å². The first kappa shape index (κ1) is 15.8. The van der Waals surface area contributed by atoms with Crippen molar-refractivity contribution in [2.24, 2.45) is 11.3 Å². The van der Waals surface area contributed by atoms with Gasteiger partial charge in [-0.05, 0) is 32.6 Å². The van der Waals surface area contributed by atoms with Crippen molar-refractivity contribution >= 4 is 0 Å². The normalized spacial score (nSPS) is 24.1. The lowest BCUT2D eigenvalue weighted by Crippen LogP contribution is -2.70. The minimum absolute atomic E-state index is 0.222. The molecule has 0 N–H and O–H groups in total. The van der Waals surface area contributed by atoms with Crippen molar-refractivity contribution in [2.45, 2.75) is 58.6 Å². The van der Waals surface area contributed by atoms with Gasteiger partial charge in [-0.25, -0.2) is 0 Å². The van der Waals surface area contributed by atoms with E-state index in [4.69, 9.17) is 9.47 Å². The fraction of sp³-hybridized carbons (Fsp3) is 0.882. The van der Waals surface area contributed by atoms with E-state index in [1.807, 2.05) is 0 Å². The van der Waals surface area contributed by atoms with Gasteiger partial charge < -0.3 is 9.47 Å². The second-order valence-electron chi connectivity index (χ2n) is 7.41. The monoisotopic (exact) mass is 281 g/mol. The van der Waals surface area contributed by atoms with Gasteiger partial charge in [0.1, 0.15) is 0 Å². The molecule has 1 atom stereocenters. The van der Waals surface area contributed by atoms with E-state index in [1.54, 1.807) is 7.11 Å². The molecule has 0 amide bonds. The molecule has 2 rings (SSSR count). The summed E-state index contributed by atoms with van der Waals surface area (Å²) in [6.07, 6.45) is 3.76. The minimum atomic E-state index is 0.222. The van der Waals surface area contributed by atoms with E-state index in [1.165, 1.54) is 25.9 Å². The van der Waals surface area contributed by atoms with Crippen molar-refractivity contribution in [1.82, 2.24) is 4.90 Å². The quantitative estimate of drug-likeness (QED) is 0.667. The fourth-order valence-electron chi connectivity index (χ4n) is 3.50. The number of hydrogen-bond acceptors (Lipinski definition) is 3. The van der Waals surface area contributed by atoms with Crippen LogP contribution in [0.1, 0.15) is 47.0 Å². The smallest absolute Gasteiger partial charge is 0.0994 e. The molecule has 0 aromatic rings. The van der Waals surface area contributed by atoms with Gasteiger partial charge in [-0.2, -0.15) is 0 Å². The Morgan fingerprint density at radius 3 is 2.50 bits per heavy atom. The summed E-state index contributed by atoms with van der Waals surface area (Å²) in [5, 5.41) is 0. The Hall–Kier alpha value is -0.540. The van der Waals surface area contributed by atoms with Crippen molar-refractivity contribution in [3.63, 3.8) is 0 Å². The van der Waals surface area contributed by atoms with Crippen LogP contribution >= 0.6 is 0 Å². The van der Waals surface area contributed by atoms with Gasteiger partial charge in [0.2, 0.25) is 0 Å². The third-order valence-corrected chi connectivity index (χ3v) is 5.54. The molecule has 3 nitrogen and oxygen atoms in total. The lowest BCUT2D eigenvalue weighted by atomic mass is 9.60. The molecule has 1 aliphatic heterocycles. The maximum atomic E-state index is 5.84. The highest BCUT2D eigenvalue weighted by Gasteiger charge is 2.56. The molecule has 1 saturated carbocycles. The second-order valence-corrected chi connectivity index (χ2v) is 7.41. The molecule has 0 aromatic heterocycles. The van der Waals surface area contributed by atoms with E-state index in [0.717, 1.165) is 18.8 Å². The molecular formula is C17H31NO2. The minimum Gasteiger partial charge on any atom is -0.495 e. The summed E-state index contributed by atoms with van der Waals surface area (Å²) >= 11 is 0. The molecule has 1 unspecified atom stereocenters. The van der Waals surface area contributed by atoms with Crippen molar-refractivity contribution in [2.75, 3.05) is 26.8 Å². The number of nitrogens with zero attached hydrogens (tertiary/aromatic N) is 1. The van der Waals surface area contributed by atoms with Crippen LogP contribution in [0.3, 0.4) is 0 Å². The Morgan fingerprint density at radius 1 is 1.40 bits per heavy atom. The van der Waals surface area contributed by atoms with E-state index < -0.39 is 0 Å². The Balaban J connectivity index is 1.77. The summed E-state index contributed by atoms with van der Waals surface area (Å²) in [7, 11) is 1.79. The molecular weight excluding hydrogens is 250 g/mol. The number of likely N-dealkylation sites (tertiary alicyclic amines) is 1. The van der Waals surface area contributed by atoms with Gasteiger partial charge in [0.25, 0.3) is 0 Å². The summed E-state index contributed by atoms with van der Waals surface area (Å²) in [5.41, 5.74) is 0.753. The van der Waals surface area contributed by atoms with Crippen molar-refractivity contribution in [3.8, 4) is 0 Å². The van der Waals surface area contributed by atoms with Crippen molar-refractivity contribution in [1.29, 1.82) is 0 Å². The Kier molecular flexibility index (Phi) is 4.50. The SMILES string of the molecule is C=C(CC)OC1CC2(C1)CN(C(C)(C)C(C)COC)C2. The van der Waals surface area contributed by atoms with Gasteiger partial charge in [0, 0.05) is 37.6 Å². The average molecular weight is 281 g/mol. The number of methoxy groups -OCH3 is 1. The first-order valence-corrected chi connectivity index (χ1v) is 7.91. The molecule has 1 saturated heterocycles. The van der Waals surface area contributed by atoms with Crippen LogP contribution in [0.2, 0.25) is 0 Å². The molecule has 20 heavy (non-hydrogen) atoms. The van der Waals surface area contributed by atoms with Crippen molar-refractivity contribution in [3.05, 3.63) is 12.3 Å². The molecule has 0 bridgehead atoms. The highest BCUT2D eigenvalue weighted by Crippen LogP contribution is 2.52. The maximum absolute atomic E-state index is 5.84. The first-order valence-electron chi connectivity index (χ1n) is 7.91. The zero-order valence-corrected chi connectivity index (χ0v) is 13.9. The third kappa shape index (κ3) is 2.89. The summed E-state index contributed by atoms with van der Waals surface area (Å²) in [5.74, 6) is 1.49. The Morgan fingerprint density at radius 2 is 2.00 bits per heavy atom. The molecule has 116 valence electrons. The van der Waals surface area contributed by atoms with Crippen LogP contribution in [-0.2, 0) is 9.47 Å². The lowest BCUT2D eigenvalue weighted by Gasteiger charge is -2.63. The predicted molar refractivity (Wildman–Crippen MR) is 82.7 cm³/mol. The van der Waals surface area contributed by atoms with Crippen LogP contribution in [-0.4, -0.2) is 43.3 Å². The van der Waals surface area contributed by atoms with Crippen LogP contribution in [0.4, 0.5) is 0 Å². The molecule has 1 spiro atoms. The van der Waals surface area contributed by atoms with Crippen molar-refractivity contribution < 1.29 is 9.47 Å². The number of rotatable bonds is 7. The topological polar surface area (TPSA) is 21.7 Å². The van der Waals surface area contributed by atoms with E-state index >= 15 is 0 Å². The molecule has 2 aliphatic rings. The molecule has 2 fully saturated rings. The number of ether oxygens (including phenoxy) is 2. The van der Waals surface area contributed by atoms with Gasteiger partial charge >= 0.3 is 0 Å². The predicted octanol–water partition coefficient (Wildman–Crippen LogP) is 3.45. The summed E-state index contributed by atoms with van der Waals surface area (Å²) in [4.78, 5) is 2.61. The Labute approximate surface area is 124 Å². The highest BCUT2D eigenvalue weighted by molar-refractivity contribution is 5.09. The van der Waals surface area contributed by atoms with Crippen LogP contribution < -0.4 is 0 Å². The average Bonchev–Trinajstić information content (AvgIpc) is 2.29. The summed E-state index contributed by atoms with van der Waals surface area (Å²) in [6, 6.07) is 0. The molecule has 1 aliphatic carbocycles. The first-order chi connectivity index (χ1) is 9.33. The molecule has 1 heterocycles. The molecule has 0 radical (unpaired) electrons. The number of hydrogen-bond donors (Lipinski definition) is 0. The van der Waals surface area contributed by atoms with E-state index in [9.17, 15) is 0 Å². The summed E-state index contributed by atoms with van der Waals surface area (Å²) in [6.45, 7) is 16.3. The fourth-order valence-corrected chi connectivity index (χ4v) is 3.50. The van der Waals surface area contributed by atoms with Gasteiger partial charge in [-0.15, -0.1) is 0 Å². The number of allylic oxidation sites excluding steroid dienone is 1. The van der Waals surface area contributed by atoms with E-state index in [2.05, 4.69) is 39.2 Å². The maximum Gasteiger partial charge on any atom is 0.0994 e. The molecule has 0 aromatic carbocycles. The standard InChI is InChI=1S/C17H31NO2/c1-7-14(3)20-15-8-17(9-15)11-18(12-17)16(4,5)13(2)10-19-6/h13,15H,3,7-12H2,1-2,4-6H3. The zero-order chi connectivity index (χ0) is 15.0. The summed E-state index contributed by atoms with van der Waals surface area (Å²) < 4.78 is 11.2. The van der Waals surface area contributed by atoms with E-state index in [-0.39, 0.29) is 5.54 Å². The lowest BCUT2D eigenvalue weighted by molar-refractivity contribution is -0.174. The Bertz CT molecular complexity index is 350. The van der Waals surface area contributed by atoms with Crippen LogP contribution in [0, 0.1) is 11.3 Å². The van der Waals surface area contributed by atoms with Gasteiger partial charge in [-0.3, -0.25) is 4.90 Å². The van der Waals surface area contributed by atoms with Gasteiger partial charge in [-0.1, -0.05) is 20.4 Å². The zero-order valence-electron chi connectivity index (χ0n) is 13.9. The highest BCUT2D eigenvalue weighted by atomic mass is 16.5. The van der Waals surface area contributed by atoms with E-state index in [0.29, 0.717) is 17.4 Å². The van der Waals surface area contributed by atoms with Crippen LogP contribution in [0.15, 0.2) is 12.3 Å². The van der Waals surface area contributed by atoms with Crippen LogP contribution in [0.5, 0.6) is 0 Å². The van der Waals surface area contributed by atoms with Gasteiger partial charge in [0.05, 0.1) is 18.5 Å². The van der Waals surface area contributed by atoms with Gasteiger partial charge in [0.15, 0.2) is 0 Å².